The van der Waals surface area contributed by atoms with E-state index in [2.05, 4.69) is 5.32 Å². The number of anilines is 1. The molecule has 2 nitrogen and oxygen atoms in total. The summed E-state index contributed by atoms with van der Waals surface area (Å²) in [5.41, 5.74) is 1.81. The van der Waals surface area contributed by atoms with Gasteiger partial charge in [0, 0.05) is 24.4 Å². The highest BCUT2D eigenvalue weighted by Gasteiger charge is 2.30. The van der Waals surface area contributed by atoms with Crippen LogP contribution in [0.2, 0.25) is 0 Å². The molecular formula is C17H18F3NO. The summed E-state index contributed by atoms with van der Waals surface area (Å²) < 4.78 is 43.5. The van der Waals surface area contributed by atoms with Crippen molar-refractivity contribution in [2.45, 2.75) is 26.3 Å². The fraction of sp³-hybridized carbons (Fsp3) is 0.294. The van der Waals surface area contributed by atoms with E-state index in [1.54, 1.807) is 6.07 Å². The lowest BCUT2D eigenvalue weighted by atomic mass is 10.1. The Hall–Kier alpha value is -2.01. The van der Waals surface area contributed by atoms with E-state index >= 15 is 0 Å². The van der Waals surface area contributed by atoms with Gasteiger partial charge in [0.2, 0.25) is 0 Å². The number of nitrogens with one attached hydrogen (secondary N) is 1. The third kappa shape index (κ3) is 4.49. The second kappa shape index (κ2) is 7.31. The first-order chi connectivity index (χ1) is 10.5. The van der Waals surface area contributed by atoms with Crippen LogP contribution in [-0.4, -0.2) is 6.61 Å². The van der Waals surface area contributed by atoms with Gasteiger partial charge in [-0.05, 0) is 30.7 Å². The van der Waals surface area contributed by atoms with Crippen LogP contribution in [0.15, 0.2) is 48.5 Å². The fourth-order valence-corrected chi connectivity index (χ4v) is 2.09. The third-order valence-corrected chi connectivity index (χ3v) is 3.22. The van der Waals surface area contributed by atoms with E-state index in [1.165, 1.54) is 6.07 Å². The Bertz CT molecular complexity index is 611. The van der Waals surface area contributed by atoms with E-state index in [9.17, 15) is 13.2 Å². The summed E-state index contributed by atoms with van der Waals surface area (Å²) in [6.07, 6.45) is -4.32. The van der Waals surface area contributed by atoms with Gasteiger partial charge in [0.1, 0.15) is 0 Å². The molecule has 0 saturated heterocycles. The summed E-state index contributed by atoms with van der Waals surface area (Å²) in [5, 5.41) is 3.17. The van der Waals surface area contributed by atoms with E-state index in [-0.39, 0.29) is 0 Å². The number of hydrogen-bond donors (Lipinski definition) is 1. The zero-order chi connectivity index (χ0) is 16.0. The average Bonchev–Trinajstić information content (AvgIpc) is 2.51. The van der Waals surface area contributed by atoms with Crippen molar-refractivity contribution in [3.63, 3.8) is 0 Å². The standard InChI is InChI=1S/C17H18F3NO/c1-2-22-12-14-7-3-4-9-16(14)21-11-13-6-5-8-15(10-13)17(18,19)20/h3-10,21H,2,11-12H2,1H3. The van der Waals surface area contributed by atoms with E-state index < -0.39 is 11.7 Å². The minimum atomic E-state index is -4.32. The molecule has 0 aliphatic heterocycles. The van der Waals surface area contributed by atoms with Crippen LogP contribution in [0, 0.1) is 0 Å². The summed E-state index contributed by atoms with van der Waals surface area (Å²) in [6, 6.07) is 12.9. The van der Waals surface area contributed by atoms with Crippen LogP contribution in [0.25, 0.3) is 0 Å². The van der Waals surface area contributed by atoms with Crippen molar-refractivity contribution >= 4 is 5.69 Å². The molecule has 0 aliphatic carbocycles. The number of ether oxygens (including phenoxy) is 1. The lowest BCUT2D eigenvalue weighted by Crippen LogP contribution is -2.07. The monoisotopic (exact) mass is 309 g/mol. The second-order valence-electron chi connectivity index (χ2n) is 4.85. The Balaban J connectivity index is 2.07. The summed E-state index contributed by atoms with van der Waals surface area (Å²) in [4.78, 5) is 0. The van der Waals surface area contributed by atoms with Crippen molar-refractivity contribution in [1.82, 2.24) is 0 Å². The largest absolute Gasteiger partial charge is 0.416 e. The summed E-state index contributed by atoms with van der Waals surface area (Å²) in [7, 11) is 0. The SMILES string of the molecule is CCOCc1ccccc1NCc1cccc(C(F)(F)F)c1. The minimum absolute atomic E-state index is 0.326. The summed E-state index contributed by atoms with van der Waals surface area (Å²) in [5.74, 6) is 0. The van der Waals surface area contributed by atoms with Crippen molar-refractivity contribution in [3.05, 3.63) is 65.2 Å². The molecule has 0 bridgehead atoms. The predicted molar refractivity (Wildman–Crippen MR) is 80.5 cm³/mol. The molecule has 2 aromatic carbocycles. The predicted octanol–water partition coefficient (Wildman–Crippen LogP) is 4.85. The number of halogens is 3. The summed E-state index contributed by atoms with van der Waals surface area (Å²) in [6.45, 7) is 3.33. The molecule has 2 aromatic rings. The first kappa shape index (κ1) is 16.4. The molecule has 0 spiro atoms. The maximum atomic E-state index is 12.7. The first-order valence-electron chi connectivity index (χ1n) is 7.06. The zero-order valence-electron chi connectivity index (χ0n) is 12.3. The first-order valence-corrected chi connectivity index (χ1v) is 7.06. The Morgan fingerprint density at radius 3 is 2.55 bits per heavy atom. The Kier molecular flexibility index (Phi) is 5.44. The lowest BCUT2D eigenvalue weighted by Gasteiger charge is -2.13. The van der Waals surface area contributed by atoms with Crippen LogP contribution < -0.4 is 5.32 Å². The maximum Gasteiger partial charge on any atom is 0.416 e. The molecule has 118 valence electrons. The molecule has 0 radical (unpaired) electrons. The summed E-state index contributed by atoms with van der Waals surface area (Å²) >= 11 is 0. The van der Waals surface area contributed by atoms with Crippen LogP contribution >= 0.6 is 0 Å². The van der Waals surface area contributed by atoms with Crippen molar-refractivity contribution in [1.29, 1.82) is 0 Å². The Morgan fingerprint density at radius 2 is 1.82 bits per heavy atom. The van der Waals surface area contributed by atoms with Gasteiger partial charge in [-0.25, -0.2) is 0 Å². The molecule has 1 N–H and O–H groups in total. The topological polar surface area (TPSA) is 21.3 Å². The van der Waals surface area contributed by atoms with Crippen molar-refractivity contribution in [3.8, 4) is 0 Å². The van der Waals surface area contributed by atoms with Gasteiger partial charge < -0.3 is 10.1 Å². The Labute approximate surface area is 127 Å². The fourth-order valence-electron chi connectivity index (χ4n) is 2.09. The molecule has 0 fully saturated rings. The van der Waals surface area contributed by atoms with Gasteiger partial charge in [-0.2, -0.15) is 13.2 Å². The highest BCUT2D eigenvalue weighted by Crippen LogP contribution is 2.29. The molecular weight excluding hydrogens is 291 g/mol. The van der Waals surface area contributed by atoms with Crippen LogP contribution in [0.3, 0.4) is 0 Å². The smallest absolute Gasteiger partial charge is 0.381 e. The number of rotatable bonds is 6. The lowest BCUT2D eigenvalue weighted by molar-refractivity contribution is -0.137. The number of para-hydroxylation sites is 1. The third-order valence-electron chi connectivity index (χ3n) is 3.22. The Morgan fingerprint density at radius 1 is 1.05 bits per heavy atom. The van der Waals surface area contributed by atoms with Crippen molar-refractivity contribution in [2.24, 2.45) is 0 Å². The molecule has 0 amide bonds. The molecule has 0 heterocycles. The molecule has 0 saturated carbocycles. The number of benzene rings is 2. The van der Waals surface area contributed by atoms with Crippen molar-refractivity contribution in [2.75, 3.05) is 11.9 Å². The van der Waals surface area contributed by atoms with Gasteiger partial charge in [0.05, 0.1) is 12.2 Å². The van der Waals surface area contributed by atoms with Gasteiger partial charge in [0.25, 0.3) is 0 Å². The number of alkyl halides is 3. The molecule has 0 aromatic heterocycles. The average molecular weight is 309 g/mol. The zero-order valence-corrected chi connectivity index (χ0v) is 12.3. The normalized spacial score (nSPS) is 11.5. The van der Waals surface area contributed by atoms with Crippen LogP contribution in [0.5, 0.6) is 0 Å². The van der Waals surface area contributed by atoms with E-state index in [0.717, 1.165) is 23.4 Å². The van der Waals surface area contributed by atoms with Gasteiger partial charge in [0.15, 0.2) is 0 Å². The molecule has 22 heavy (non-hydrogen) atoms. The molecule has 0 aliphatic rings. The van der Waals surface area contributed by atoms with Gasteiger partial charge in [-0.15, -0.1) is 0 Å². The molecule has 0 unspecified atom stereocenters. The molecule has 0 atom stereocenters. The van der Waals surface area contributed by atoms with Gasteiger partial charge in [-0.3, -0.25) is 0 Å². The minimum Gasteiger partial charge on any atom is -0.381 e. The van der Waals surface area contributed by atoms with Gasteiger partial charge in [-0.1, -0.05) is 30.3 Å². The molecule has 2 rings (SSSR count). The number of hydrogen-bond acceptors (Lipinski definition) is 2. The molecule has 5 heteroatoms. The van der Waals surface area contributed by atoms with E-state index in [0.29, 0.717) is 25.3 Å². The highest BCUT2D eigenvalue weighted by molar-refractivity contribution is 5.51. The maximum absolute atomic E-state index is 12.7. The highest BCUT2D eigenvalue weighted by atomic mass is 19.4. The van der Waals surface area contributed by atoms with E-state index in [4.69, 9.17) is 4.74 Å². The van der Waals surface area contributed by atoms with Gasteiger partial charge >= 0.3 is 6.18 Å². The van der Waals surface area contributed by atoms with Crippen molar-refractivity contribution < 1.29 is 17.9 Å². The van der Waals surface area contributed by atoms with E-state index in [1.807, 2.05) is 31.2 Å². The van der Waals surface area contributed by atoms with Crippen LogP contribution in [0.1, 0.15) is 23.6 Å². The second-order valence-corrected chi connectivity index (χ2v) is 4.85. The van der Waals surface area contributed by atoms with Crippen LogP contribution in [-0.2, 0) is 24.1 Å². The van der Waals surface area contributed by atoms with Crippen LogP contribution in [0.4, 0.5) is 18.9 Å². The quantitative estimate of drug-likeness (QED) is 0.823.